The normalized spacial score (nSPS) is 12.2. The van der Waals surface area contributed by atoms with Crippen LogP contribution in [0.25, 0.3) is 0 Å². The Morgan fingerprint density at radius 2 is 1.64 bits per heavy atom. The molecule has 64 valence electrons. The summed E-state index contributed by atoms with van der Waals surface area (Å²) in [6.07, 6.45) is 0. The van der Waals surface area contributed by atoms with Gasteiger partial charge in [-0.1, -0.05) is 5.54 Å². The molecule has 0 saturated heterocycles. The number of hydrogen-bond acceptors (Lipinski definition) is 1. The summed E-state index contributed by atoms with van der Waals surface area (Å²) in [5, 5.41) is 0. The summed E-state index contributed by atoms with van der Waals surface area (Å²) >= 11 is 0. The fourth-order valence-corrected chi connectivity index (χ4v) is 1.17. The van der Waals surface area contributed by atoms with Crippen LogP contribution in [0, 0.1) is 16.9 Å². The molecule has 0 atom stereocenters. The molecule has 0 aliphatic carbocycles. The smallest absolute Gasteiger partial charge is 0.265 e. The van der Waals surface area contributed by atoms with E-state index in [-0.39, 0.29) is 5.41 Å². The van der Waals surface area contributed by atoms with E-state index in [0.29, 0.717) is 0 Å². The van der Waals surface area contributed by atoms with E-state index in [0.717, 1.165) is 0 Å². The molecule has 0 aliphatic rings. The minimum Gasteiger partial charge on any atom is -0.409 e. The number of hydrogen-bond donors (Lipinski definition) is 0. The molecule has 0 spiro atoms. The van der Waals surface area contributed by atoms with Gasteiger partial charge in [0.05, 0.1) is 0 Å². The van der Waals surface area contributed by atoms with Crippen LogP contribution in [0.4, 0.5) is 0 Å². The van der Waals surface area contributed by atoms with E-state index in [1.165, 1.54) is 0 Å². The summed E-state index contributed by atoms with van der Waals surface area (Å²) in [6, 6.07) is 0. The molecule has 0 N–H and O–H groups in total. The van der Waals surface area contributed by atoms with Crippen LogP contribution in [0.3, 0.4) is 0 Å². The summed E-state index contributed by atoms with van der Waals surface area (Å²) in [6.45, 7) is 10.5. The maximum Gasteiger partial charge on any atom is 0.265 e. The zero-order valence-corrected chi connectivity index (χ0v) is 9.41. The molecule has 0 fully saturated rings. The fraction of sp³-hybridized carbons (Fsp3) is 0.778. The van der Waals surface area contributed by atoms with Gasteiger partial charge in [-0.15, -0.1) is 5.92 Å². The van der Waals surface area contributed by atoms with Crippen LogP contribution in [-0.4, -0.2) is 15.4 Å². The Morgan fingerprint density at radius 1 is 1.18 bits per heavy atom. The Labute approximate surface area is 71.3 Å². The molecule has 0 rings (SSSR count). The molecule has 0 amide bonds. The summed E-state index contributed by atoms with van der Waals surface area (Å²) < 4.78 is 5.30. The second kappa shape index (κ2) is 3.42. The standard InChI is InChI=1S/C9H18OSi/c1-9(2,3)7-8-11(5,6)10-4/h1-6H3. The van der Waals surface area contributed by atoms with Crippen molar-refractivity contribution < 1.29 is 4.43 Å². The predicted molar refractivity (Wildman–Crippen MR) is 51.7 cm³/mol. The van der Waals surface area contributed by atoms with Gasteiger partial charge >= 0.3 is 0 Å². The van der Waals surface area contributed by atoms with Crippen LogP contribution >= 0.6 is 0 Å². The molecule has 0 heterocycles. The molecular formula is C9H18OSi. The van der Waals surface area contributed by atoms with Gasteiger partial charge < -0.3 is 4.43 Å². The molecule has 0 aromatic carbocycles. The number of rotatable bonds is 1. The third-order valence-electron chi connectivity index (χ3n) is 1.25. The minimum absolute atomic E-state index is 0.100. The average molecular weight is 170 g/mol. The Balaban J connectivity index is 4.29. The van der Waals surface area contributed by atoms with Gasteiger partial charge in [-0.25, -0.2) is 0 Å². The second-order valence-electron chi connectivity index (χ2n) is 4.21. The second-order valence-corrected chi connectivity index (χ2v) is 7.89. The lowest BCUT2D eigenvalue weighted by Gasteiger charge is -2.13. The summed E-state index contributed by atoms with van der Waals surface area (Å²) in [5.41, 5.74) is 3.32. The van der Waals surface area contributed by atoms with Gasteiger partial charge in [0.15, 0.2) is 0 Å². The van der Waals surface area contributed by atoms with Crippen LogP contribution in [-0.2, 0) is 4.43 Å². The summed E-state index contributed by atoms with van der Waals surface area (Å²) in [4.78, 5) is 0. The van der Waals surface area contributed by atoms with Gasteiger partial charge in [0.1, 0.15) is 0 Å². The fourth-order valence-electron chi connectivity index (χ4n) is 0.389. The molecule has 0 bridgehead atoms. The molecule has 0 aromatic heterocycles. The van der Waals surface area contributed by atoms with Gasteiger partial charge in [-0.3, -0.25) is 0 Å². The molecular weight excluding hydrogens is 152 g/mol. The van der Waals surface area contributed by atoms with Crippen molar-refractivity contribution in [1.82, 2.24) is 0 Å². The third kappa shape index (κ3) is 6.15. The molecule has 0 saturated carbocycles. The van der Waals surface area contributed by atoms with Crippen molar-refractivity contribution in [2.24, 2.45) is 5.41 Å². The van der Waals surface area contributed by atoms with Crippen molar-refractivity contribution in [3.8, 4) is 11.5 Å². The van der Waals surface area contributed by atoms with Crippen molar-refractivity contribution in [3.05, 3.63) is 0 Å². The molecule has 0 aliphatic heterocycles. The van der Waals surface area contributed by atoms with Crippen LogP contribution in [0.2, 0.25) is 13.1 Å². The van der Waals surface area contributed by atoms with Crippen LogP contribution in [0.15, 0.2) is 0 Å². The average Bonchev–Trinajstić information content (AvgIpc) is 1.83. The Bertz CT molecular complexity index is 178. The van der Waals surface area contributed by atoms with Gasteiger partial charge in [0.25, 0.3) is 8.32 Å². The van der Waals surface area contributed by atoms with E-state index in [1.54, 1.807) is 7.11 Å². The minimum atomic E-state index is -1.65. The van der Waals surface area contributed by atoms with E-state index in [1.807, 2.05) is 0 Å². The molecule has 1 nitrogen and oxygen atoms in total. The zero-order chi connectivity index (χ0) is 9.12. The Hall–Kier alpha value is -0.263. The van der Waals surface area contributed by atoms with E-state index in [9.17, 15) is 0 Å². The maximum absolute atomic E-state index is 5.30. The molecule has 11 heavy (non-hydrogen) atoms. The Morgan fingerprint density at radius 3 is 1.91 bits per heavy atom. The molecule has 0 unspecified atom stereocenters. The first-order chi connectivity index (χ1) is 4.77. The summed E-state index contributed by atoms with van der Waals surface area (Å²) in [5.74, 6) is 3.20. The van der Waals surface area contributed by atoms with Crippen molar-refractivity contribution in [2.45, 2.75) is 33.9 Å². The highest BCUT2D eigenvalue weighted by Crippen LogP contribution is 2.11. The topological polar surface area (TPSA) is 9.23 Å². The van der Waals surface area contributed by atoms with Crippen LogP contribution in [0.1, 0.15) is 20.8 Å². The van der Waals surface area contributed by atoms with E-state index < -0.39 is 8.32 Å². The first-order valence-electron chi connectivity index (χ1n) is 3.86. The lowest BCUT2D eigenvalue weighted by atomic mass is 9.99. The summed E-state index contributed by atoms with van der Waals surface area (Å²) in [7, 11) is 0.0915. The molecule has 0 radical (unpaired) electrons. The van der Waals surface area contributed by atoms with Crippen LogP contribution in [0.5, 0.6) is 0 Å². The monoisotopic (exact) mass is 170 g/mol. The third-order valence-corrected chi connectivity index (χ3v) is 3.00. The highest BCUT2D eigenvalue weighted by molar-refractivity contribution is 6.79. The van der Waals surface area contributed by atoms with Gasteiger partial charge in [-0.2, -0.15) is 0 Å². The van der Waals surface area contributed by atoms with Crippen molar-refractivity contribution in [3.63, 3.8) is 0 Å². The lowest BCUT2D eigenvalue weighted by molar-refractivity contribution is 0.417. The first-order valence-corrected chi connectivity index (χ1v) is 6.77. The van der Waals surface area contributed by atoms with Crippen LogP contribution < -0.4 is 0 Å². The van der Waals surface area contributed by atoms with Gasteiger partial charge in [-0.05, 0) is 33.9 Å². The van der Waals surface area contributed by atoms with E-state index in [4.69, 9.17) is 4.43 Å². The van der Waals surface area contributed by atoms with E-state index in [2.05, 4.69) is 45.3 Å². The van der Waals surface area contributed by atoms with Crippen molar-refractivity contribution in [2.75, 3.05) is 7.11 Å². The van der Waals surface area contributed by atoms with Gasteiger partial charge in [0.2, 0.25) is 0 Å². The molecule has 0 aromatic rings. The lowest BCUT2D eigenvalue weighted by Crippen LogP contribution is -2.27. The highest BCUT2D eigenvalue weighted by atomic mass is 28.4. The predicted octanol–water partition coefficient (Wildman–Crippen LogP) is 2.43. The largest absolute Gasteiger partial charge is 0.409 e. The van der Waals surface area contributed by atoms with Crippen molar-refractivity contribution >= 4 is 8.32 Å². The molecule has 2 heteroatoms. The van der Waals surface area contributed by atoms with Gasteiger partial charge in [0, 0.05) is 12.5 Å². The van der Waals surface area contributed by atoms with E-state index >= 15 is 0 Å². The van der Waals surface area contributed by atoms with Crippen molar-refractivity contribution in [1.29, 1.82) is 0 Å². The highest BCUT2D eigenvalue weighted by Gasteiger charge is 2.17. The quantitative estimate of drug-likeness (QED) is 0.434. The zero-order valence-electron chi connectivity index (χ0n) is 8.41. The first kappa shape index (κ1) is 10.7. The maximum atomic E-state index is 5.30. The Kier molecular flexibility index (Phi) is 3.34. The SMILES string of the molecule is CO[Si](C)(C)C#CC(C)(C)C.